The minimum absolute atomic E-state index is 0.00778. The maximum atomic E-state index is 12.7. The van der Waals surface area contributed by atoms with Gasteiger partial charge >= 0.3 is 0 Å². The SMILES string of the molecule is CN(C)S(=O)(=O)c1ccc(NS(=O)(=O)c2ccc(S(=O)(=O)N3CCOCC3)cc2)cc1. The van der Waals surface area contributed by atoms with Crippen molar-refractivity contribution in [2.75, 3.05) is 45.1 Å². The highest BCUT2D eigenvalue weighted by atomic mass is 32.2. The van der Waals surface area contributed by atoms with Gasteiger partial charge in [-0.05, 0) is 48.5 Å². The average Bonchev–Trinajstić information content (AvgIpc) is 2.74. The smallest absolute Gasteiger partial charge is 0.261 e. The normalized spacial score (nSPS) is 16.4. The summed E-state index contributed by atoms with van der Waals surface area (Å²) in [5, 5.41) is 0. The monoisotopic (exact) mass is 489 g/mol. The van der Waals surface area contributed by atoms with Crippen LogP contribution in [0.4, 0.5) is 5.69 Å². The summed E-state index contributed by atoms with van der Waals surface area (Å²) in [5.74, 6) is 0. The number of sulfonamides is 3. The summed E-state index contributed by atoms with van der Waals surface area (Å²) in [6.45, 7) is 1.10. The Kier molecular flexibility index (Phi) is 6.74. The predicted octanol–water partition coefficient (Wildman–Crippen LogP) is 0.759. The Labute approximate surface area is 182 Å². The summed E-state index contributed by atoms with van der Waals surface area (Å²) in [4.78, 5) is -0.108. The van der Waals surface area contributed by atoms with Crippen molar-refractivity contribution < 1.29 is 30.0 Å². The quantitative estimate of drug-likeness (QED) is 0.608. The standard InChI is InChI=1S/C18H23N3O7S3/c1-20(2)30(24,25)17-5-3-15(4-6-17)19-29(22,23)16-7-9-18(10-8-16)31(26,27)21-11-13-28-14-12-21/h3-10,19H,11-14H2,1-2H3. The maximum Gasteiger partial charge on any atom is 0.261 e. The van der Waals surface area contributed by atoms with Gasteiger partial charge in [0.05, 0.1) is 27.9 Å². The molecule has 0 amide bonds. The lowest BCUT2D eigenvalue weighted by Gasteiger charge is -2.26. The molecule has 1 fully saturated rings. The van der Waals surface area contributed by atoms with E-state index >= 15 is 0 Å². The molecule has 0 radical (unpaired) electrons. The van der Waals surface area contributed by atoms with Crippen LogP contribution in [0.3, 0.4) is 0 Å². The highest BCUT2D eigenvalue weighted by Gasteiger charge is 2.27. The number of nitrogens with zero attached hydrogens (tertiary/aromatic N) is 2. The topological polar surface area (TPSA) is 130 Å². The van der Waals surface area contributed by atoms with Gasteiger partial charge < -0.3 is 4.74 Å². The number of morpholine rings is 1. The second-order valence-corrected chi connectivity index (χ2v) is 12.7. The fourth-order valence-electron chi connectivity index (χ4n) is 2.85. The minimum Gasteiger partial charge on any atom is -0.379 e. The first-order valence-electron chi connectivity index (χ1n) is 9.18. The lowest BCUT2D eigenvalue weighted by Crippen LogP contribution is -2.40. The summed E-state index contributed by atoms with van der Waals surface area (Å²) < 4.78 is 84.7. The number of nitrogens with one attached hydrogen (secondary N) is 1. The Morgan fingerprint density at radius 1 is 0.774 bits per heavy atom. The number of hydrogen-bond acceptors (Lipinski definition) is 7. The van der Waals surface area contributed by atoms with Crippen molar-refractivity contribution >= 4 is 35.8 Å². The van der Waals surface area contributed by atoms with E-state index in [-0.39, 0.29) is 33.5 Å². The molecule has 2 aromatic rings. The molecule has 0 aliphatic carbocycles. The van der Waals surface area contributed by atoms with Gasteiger partial charge in [-0.2, -0.15) is 4.31 Å². The number of hydrogen-bond donors (Lipinski definition) is 1. The fourth-order valence-corrected chi connectivity index (χ4v) is 6.21. The van der Waals surface area contributed by atoms with Gasteiger partial charge in [0, 0.05) is 32.9 Å². The zero-order chi connectivity index (χ0) is 22.9. The molecule has 1 heterocycles. The van der Waals surface area contributed by atoms with E-state index in [1.807, 2.05) is 0 Å². The molecule has 0 atom stereocenters. The molecule has 3 rings (SSSR count). The van der Waals surface area contributed by atoms with Crippen LogP contribution in [-0.4, -0.2) is 74.3 Å². The van der Waals surface area contributed by atoms with Crippen LogP contribution in [0, 0.1) is 0 Å². The van der Waals surface area contributed by atoms with Crippen molar-refractivity contribution in [3.63, 3.8) is 0 Å². The lowest BCUT2D eigenvalue weighted by atomic mass is 10.3. The first-order valence-corrected chi connectivity index (χ1v) is 13.5. The van der Waals surface area contributed by atoms with E-state index in [1.54, 1.807) is 0 Å². The number of rotatable bonds is 7. The van der Waals surface area contributed by atoms with E-state index in [2.05, 4.69) is 4.72 Å². The van der Waals surface area contributed by atoms with E-state index < -0.39 is 30.1 Å². The van der Waals surface area contributed by atoms with Gasteiger partial charge in [0.15, 0.2) is 0 Å². The molecule has 31 heavy (non-hydrogen) atoms. The van der Waals surface area contributed by atoms with Crippen LogP contribution >= 0.6 is 0 Å². The lowest BCUT2D eigenvalue weighted by molar-refractivity contribution is 0.0730. The molecule has 13 heteroatoms. The van der Waals surface area contributed by atoms with E-state index in [4.69, 9.17) is 4.74 Å². The van der Waals surface area contributed by atoms with E-state index in [9.17, 15) is 25.3 Å². The summed E-state index contributed by atoms with van der Waals surface area (Å²) in [6, 6.07) is 10.2. The Hall–Kier alpha value is -2.03. The first-order chi connectivity index (χ1) is 14.4. The van der Waals surface area contributed by atoms with Crippen LogP contribution in [-0.2, 0) is 34.8 Å². The molecule has 1 aliphatic rings. The second-order valence-electron chi connectivity index (χ2n) is 6.91. The van der Waals surface area contributed by atoms with Gasteiger partial charge in [-0.3, -0.25) is 4.72 Å². The van der Waals surface area contributed by atoms with Crippen molar-refractivity contribution in [2.45, 2.75) is 14.7 Å². The molecular weight excluding hydrogens is 466 g/mol. The molecule has 0 unspecified atom stereocenters. The van der Waals surface area contributed by atoms with Gasteiger partial charge in [0.25, 0.3) is 10.0 Å². The van der Waals surface area contributed by atoms with Gasteiger partial charge in [0.1, 0.15) is 0 Å². The highest BCUT2D eigenvalue weighted by Crippen LogP contribution is 2.22. The zero-order valence-electron chi connectivity index (χ0n) is 16.9. The van der Waals surface area contributed by atoms with Crippen molar-refractivity contribution in [1.29, 1.82) is 0 Å². The Morgan fingerprint density at radius 3 is 1.77 bits per heavy atom. The molecule has 0 saturated carbocycles. The Morgan fingerprint density at radius 2 is 1.26 bits per heavy atom. The van der Waals surface area contributed by atoms with Crippen LogP contribution in [0.25, 0.3) is 0 Å². The van der Waals surface area contributed by atoms with Crippen molar-refractivity contribution in [3.05, 3.63) is 48.5 Å². The number of benzene rings is 2. The number of anilines is 1. The summed E-state index contributed by atoms with van der Waals surface area (Å²) in [6.07, 6.45) is 0. The third kappa shape index (κ3) is 5.07. The molecule has 1 N–H and O–H groups in total. The largest absolute Gasteiger partial charge is 0.379 e. The summed E-state index contributed by atoms with van der Waals surface area (Å²) in [7, 11) is -8.57. The highest BCUT2D eigenvalue weighted by molar-refractivity contribution is 7.92. The summed E-state index contributed by atoms with van der Waals surface area (Å²) in [5.41, 5.74) is 0.169. The molecule has 0 bridgehead atoms. The van der Waals surface area contributed by atoms with Crippen molar-refractivity contribution in [2.24, 2.45) is 0 Å². The maximum absolute atomic E-state index is 12.7. The molecule has 10 nitrogen and oxygen atoms in total. The van der Waals surface area contributed by atoms with Crippen LogP contribution < -0.4 is 4.72 Å². The molecule has 2 aromatic carbocycles. The van der Waals surface area contributed by atoms with Crippen molar-refractivity contribution in [1.82, 2.24) is 8.61 Å². The summed E-state index contributed by atoms with van der Waals surface area (Å²) >= 11 is 0. The van der Waals surface area contributed by atoms with E-state index in [0.29, 0.717) is 13.2 Å². The third-order valence-corrected chi connectivity index (χ3v) is 9.77. The molecular formula is C18H23N3O7S3. The van der Waals surface area contributed by atoms with Gasteiger partial charge in [-0.1, -0.05) is 0 Å². The van der Waals surface area contributed by atoms with Crippen LogP contribution in [0.15, 0.2) is 63.2 Å². The second kappa shape index (κ2) is 8.84. The molecule has 1 saturated heterocycles. The zero-order valence-corrected chi connectivity index (χ0v) is 19.4. The molecule has 0 aromatic heterocycles. The average molecular weight is 490 g/mol. The Balaban J connectivity index is 1.78. The van der Waals surface area contributed by atoms with E-state index in [0.717, 1.165) is 4.31 Å². The first kappa shape index (κ1) is 23.6. The third-order valence-electron chi connectivity index (χ3n) is 4.63. The Bertz CT molecular complexity index is 1230. The van der Waals surface area contributed by atoms with Crippen LogP contribution in [0.1, 0.15) is 0 Å². The molecule has 0 spiro atoms. The number of ether oxygens (including phenoxy) is 1. The predicted molar refractivity (Wildman–Crippen MR) is 114 cm³/mol. The molecule has 1 aliphatic heterocycles. The minimum atomic E-state index is -4.00. The van der Waals surface area contributed by atoms with Gasteiger partial charge in [-0.15, -0.1) is 0 Å². The fraction of sp³-hybridized carbons (Fsp3) is 0.333. The molecule has 170 valence electrons. The van der Waals surface area contributed by atoms with Gasteiger partial charge in [-0.25, -0.2) is 29.6 Å². The van der Waals surface area contributed by atoms with Crippen molar-refractivity contribution in [3.8, 4) is 0 Å². The van der Waals surface area contributed by atoms with E-state index in [1.165, 1.54) is 66.9 Å². The van der Waals surface area contributed by atoms with Crippen LogP contribution in [0.5, 0.6) is 0 Å². The van der Waals surface area contributed by atoms with Gasteiger partial charge in [0.2, 0.25) is 20.0 Å². The van der Waals surface area contributed by atoms with Crippen LogP contribution in [0.2, 0.25) is 0 Å².